The number of nitrogens with zero attached hydrogens (tertiary/aromatic N) is 1. The Bertz CT molecular complexity index is 103. The van der Waals surface area contributed by atoms with Crippen molar-refractivity contribution in [3.05, 3.63) is 0 Å². The molecule has 0 bridgehead atoms. The lowest BCUT2D eigenvalue weighted by Gasteiger charge is -2.09. The van der Waals surface area contributed by atoms with Gasteiger partial charge in [0.25, 0.3) is 0 Å². The van der Waals surface area contributed by atoms with E-state index in [1.54, 1.807) is 0 Å². The van der Waals surface area contributed by atoms with Crippen LogP contribution in [0.15, 0.2) is 4.99 Å². The molecule has 0 aliphatic heterocycles. The average Bonchev–Trinajstić information content (AvgIpc) is 1.63. The van der Waals surface area contributed by atoms with Crippen LogP contribution >= 0.6 is 0 Å². The number of guanidine groups is 1. The SMILES string of the molecule is CC(C)C(C)N=C(N)N. The van der Waals surface area contributed by atoms with Crippen molar-refractivity contribution in [1.29, 1.82) is 0 Å². The summed E-state index contributed by atoms with van der Waals surface area (Å²) in [6, 6.07) is 0.231. The van der Waals surface area contributed by atoms with E-state index in [1.165, 1.54) is 0 Å². The summed E-state index contributed by atoms with van der Waals surface area (Å²) in [4.78, 5) is 3.95. The first-order valence-electron chi connectivity index (χ1n) is 3.12. The van der Waals surface area contributed by atoms with Gasteiger partial charge >= 0.3 is 0 Å². The summed E-state index contributed by atoms with van der Waals surface area (Å²) in [6.07, 6.45) is 0. The maximum absolute atomic E-state index is 5.16. The molecule has 1 atom stereocenters. The first-order valence-corrected chi connectivity index (χ1v) is 3.12. The molecule has 54 valence electrons. The molecule has 0 aromatic rings. The molecule has 1 unspecified atom stereocenters. The summed E-state index contributed by atoms with van der Waals surface area (Å²) in [5, 5.41) is 0. The van der Waals surface area contributed by atoms with E-state index in [4.69, 9.17) is 11.5 Å². The molecule has 0 heterocycles. The fraction of sp³-hybridized carbons (Fsp3) is 0.833. The Kier molecular flexibility index (Phi) is 3.06. The number of rotatable bonds is 2. The van der Waals surface area contributed by atoms with E-state index in [9.17, 15) is 0 Å². The van der Waals surface area contributed by atoms with Gasteiger partial charge < -0.3 is 11.5 Å². The molecule has 0 aliphatic rings. The largest absolute Gasteiger partial charge is 0.370 e. The summed E-state index contributed by atoms with van der Waals surface area (Å²) in [5.41, 5.74) is 10.3. The van der Waals surface area contributed by atoms with Crippen molar-refractivity contribution in [2.45, 2.75) is 26.8 Å². The lowest BCUT2D eigenvalue weighted by atomic mass is 10.1. The first kappa shape index (κ1) is 8.27. The topological polar surface area (TPSA) is 64.4 Å². The lowest BCUT2D eigenvalue weighted by molar-refractivity contribution is 0.530. The predicted molar refractivity (Wildman–Crippen MR) is 40.1 cm³/mol. The molecule has 3 nitrogen and oxygen atoms in total. The van der Waals surface area contributed by atoms with Crippen molar-refractivity contribution in [2.24, 2.45) is 22.4 Å². The van der Waals surface area contributed by atoms with Crippen LogP contribution in [-0.2, 0) is 0 Å². The molecule has 4 N–H and O–H groups in total. The van der Waals surface area contributed by atoms with Crippen LogP contribution in [0.4, 0.5) is 0 Å². The maximum Gasteiger partial charge on any atom is 0.186 e. The first-order chi connectivity index (χ1) is 4.04. The predicted octanol–water partition coefficient (Wildman–Crippen LogP) is 0.304. The molecule has 3 heteroatoms. The van der Waals surface area contributed by atoms with E-state index in [1.807, 2.05) is 6.92 Å². The van der Waals surface area contributed by atoms with Crippen molar-refractivity contribution in [1.82, 2.24) is 0 Å². The van der Waals surface area contributed by atoms with Gasteiger partial charge in [0.2, 0.25) is 0 Å². The van der Waals surface area contributed by atoms with Crippen LogP contribution in [0.5, 0.6) is 0 Å². The van der Waals surface area contributed by atoms with Gasteiger partial charge in [-0.05, 0) is 12.8 Å². The highest BCUT2D eigenvalue weighted by atomic mass is 15.0. The Labute approximate surface area is 56.1 Å². The third kappa shape index (κ3) is 3.82. The Balaban J connectivity index is 3.76. The summed E-state index contributed by atoms with van der Waals surface area (Å²) in [5.74, 6) is 0.684. The zero-order valence-electron chi connectivity index (χ0n) is 6.26. The zero-order valence-corrected chi connectivity index (χ0v) is 6.26. The molecule has 0 saturated heterocycles. The highest BCUT2D eigenvalue weighted by Crippen LogP contribution is 2.03. The number of nitrogens with two attached hydrogens (primary N) is 2. The number of aliphatic imine (C=N–C) groups is 1. The maximum atomic E-state index is 5.16. The normalized spacial score (nSPS) is 13.3. The van der Waals surface area contributed by atoms with Gasteiger partial charge in [-0.15, -0.1) is 0 Å². The fourth-order valence-corrected chi connectivity index (χ4v) is 0.384. The van der Waals surface area contributed by atoms with Crippen LogP contribution < -0.4 is 11.5 Å². The van der Waals surface area contributed by atoms with E-state index >= 15 is 0 Å². The number of hydrogen-bond donors (Lipinski definition) is 2. The van der Waals surface area contributed by atoms with Crippen molar-refractivity contribution in [2.75, 3.05) is 0 Å². The molecule has 0 aliphatic carbocycles. The summed E-state index contributed by atoms with van der Waals surface area (Å²) in [7, 11) is 0. The van der Waals surface area contributed by atoms with Crippen molar-refractivity contribution in [3.63, 3.8) is 0 Å². The Morgan fingerprint density at radius 2 is 1.67 bits per heavy atom. The molecule has 0 radical (unpaired) electrons. The van der Waals surface area contributed by atoms with Gasteiger partial charge in [-0.2, -0.15) is 0 Å². The molecule has 0 spiro atoms. The van der Waals surface area contributed by atoms with E-state index in [0.29, 0.717) is 5.92 Å². The third-order valence-corrected chi connectivity index (χ3v) is 1.32. The van der Waals surface area contributed by atoms with Crippen LogP contribution in [-0.4, -0.2) is 12.0 Å². The molecule has 0 aromatic heterocycles. The molecule has 0 saturated carbocycles. The minimum atomic E-state index is 0.177. The molecule has 0 aromatic carbocycles. The average molecular weight is 129 g/mol. The molecular formula is C6H15N3. The van der Waals surface area contributed by atoms with Gasteiger partial charge in [0.15, 0.2) is 5.96 Å². The van der Waals surface area contributed by atoms with Gasteiger partial charge in [0.1, 0.15) is 0 Å². The Morgan fingerprint density at radius 3 is 1.78 bits per heavy atom. The smallest absolute Gasteiger partial charge is 0.186 e. The van der Waals surface area contributed by atoms with Crippen LogP contribution in [0, 0.1) is 5.92 Å². The van der Waals surface area contributed by atoms with Gasteiger partial charge in [-0.3, -0.25) is 4.99 Å². The minimum absolute atomic E-state index is 0.177. The molecule has 0 fully saturated rings. The molecule has 0 rings (SSSR count). The highest BCUT2D eigenvalue weighted by Gasteiger charge is 2.03. The number of hydrogen-bond acceptors (Lipinski definition) is 1. The van der Waals surface area contributed by atoms with Gasteiger partial charge in [-0.1, -0.05) is 13.8 Å². The second-order valence-electron chi connectivity index (χ2n) is 2.54. The summed E-state index contributed by atoms with van der Waals surface area (Å²) >= 11 is 0. The second-order valence-corrected chi connectivity index (χ2v) is 2.54. The monoisotopic (exact) mass is 129 g/mol. The Morgan fingerprint density at radius 1 is 1.22 bits per heavy atom. The fourth-order valence-electron chi connectivity index (χ4n) is 0.384. The van der Waals surface area contributed by atoms with Gasteiger partial charge in [-0.25, -0.2) is 0 Å². The van der Waals surface area contributed by atoms with Crippen molar-refractivity contribution < 1.29 is 0 Å². The minimum Gasteiger partial charge on any atom is -0.370 e. The lowest BCUT2D eigenvalue weighted by Crippen LogP contribution is -2.26. The zero-order chi connectivity index (χ0) is 7.44. The highest BCUT2D eigenvalue weighted by molar-refractivity contribution is 5.75. The van der Waals surface area contributed by atoms with E-state index in [0.717, 1.165) is 0 Å². The second kappa shape index (κ2) is 3.33. The van der Waals surface area contributed by atoms with E-state index in [-0.39, 0.29) is 12.0 Å². The van der Waals surface area contributed by atoms with E-state index in [2.05, 4.69) is 18.8 Å². The van der Waals surface area contributed by atoms with Crippen LogP contribution in [0.25, 0.3) is 0 Å². The summed E-state index contributed by atoms with van der Waals surface area (Å²) < 4.78 is 0. The van der Waals surface area contributed by atoms with Crippen LogP contribution in [0.1, 0.15) is 20.8 Å². The van der Waals surface area contributed by atoms with Gasteiger partial charge in [0, 0.05) is 0 Å². The van der Waals surface area contributed by atoms with Crippen LogP contribution in [0.2, 0.25) is 0 Å². The Hall–Kier alpha value is -0.730. The quantitative estimate of drug-likeness (QED) is 0.416. The van der Waals surface area contributed by atoms with Gasteiger partial charge in [0.05, 0.1) is 6.04 Å². The van der Waals surface area contributed by atoms with E-state index < -0.39 is 0 Å². The third-order valence-electron chi connectivity index (χ3n) is 1.32. The van der Waals surface area contributed by atoms with Crippen molar-refractivity contribution in [3.8, 4) is 0 Å². The molecular weight excluding hydrogens is 114 g/mol. The van der Waals surface area contributed by atoms with Crippen molar-refractivity contribution >= 4 is 5.96 Å². The van der Waals surface area contributed by atoms with Crippen LogP contribution in [0.3, 0.4) is 0 Å². The molecule has 9 heavy (non-hydrogen) atoms. The standard InChI is InChI=1S/C6H15N3/c1-4(2)5(3)9-6(7)8/h4-5H,1-3H3,(H4,7,8,9). The summed E-state index contributed by atoms with van der Waals surface area (Å²) in [6.45, 7) is 6.15. The molecule has 0 amide bonds.